The summed E-state index contributed by atoms with van der Waals surface area (Å²) in [6.07, 6.45) is 0.673. The predicted molar refractivity (Wildman–Crippen MR) is 136 cm³/mol. The van der Waals surface area contributed by atoms with Crippen LogP contribution in [0.25, 0.3) is 0 Å². The van der Waals surface area contributed by atoms with Gasteiger partial charge in [-0.25, -0.2) is 0 Å². The first-order chi connectivity index (χ1) is 16.4. The average Bonchev–Trinajstić information content (AvgIpc) is 2.81. The van der Waals surface area contributed by atoms with Crippen molar-refractivity contribution in [2.75, 3.05) is 13.7 Å². The summed E-state index contributed by atoms with van der Waals surface area (Å²) in [5, 5.41) is 2.93. The number of carbonyl (C=O) groups is 2. The zero-order chi connectivity index (χ0) is 24.5. The molecule has 0 fully saturated rings. The van der Waals surface area contributed by atoms with Gasteiger partial charge in [0.05, 0.1) is 13.5 Å². The van der Waals surface area contributed by atoms with E-state index in [4.69, 9.17) is 4.74 Å². The molecule has 1 atom stereocenters. The second-order valence-electron chi connectivity index (χ2n) is 8.65. The number of amides is 2. The normalized spacial score (nSPS) is 11.5. The van der Waals surface area contributed by atoms with Crippen molar-refractivity contribution in [2.24, 2.45) is 0 Å². The molecule has 0 aliphatic heterocycles. The Morgan fingerprint density at radius 1 is 0.882 bits per heavy atom. The third-order valence-corrected chi connectivity index (χ3v) is 5.75. The minimum absolute atomic E-state index is 0.0833. The molecule has 0 heterocycles. The zero-order valence-corrected chi connectivity index (χ0v) is 20.5. The van der Waals surface area contributed by atoms with Crippen molar-refractivity contribution in [1.82, 2.24) is 10.2 Å². The van der Waals surface area contributed by atoms with E-state index in [1.807, 2.05) is 87.5 Å². The van der Waals surface area contributed by atoms with E-state index >= 15 is 0 Å². The lowest BCUT2D eigenvalue weighted by atomic mass is 10.0. The number of nitrogens with one attached hydrogen (secondary N) is 1. The number of likely N-dealkylation sites (N-methyl/N-ethyl adjacent to an activating group) is 1. The van der Waals surface area contributed by atoms with Crippen LogP contribution in [0.2, 0.25) is 0 Å². The fourth-order valence-electron chi connectivity index (χ4n) is 4.26. The highest BCUT2D eigenvalue weighted by atomic mass is 16.5. The number of carbonyl (C=O) groups excluding carboxylic acids is 2. The molecule has 3 rings (SSSR count). The van der Waals surface area contributed by atoms with E-state index in [1.165, 1.54) is 0 Å². The number of methoxy groups -OCH3 is 1. The average molecular weight is 459 g/mol. The van der Waals surface area contributed by atoms with E-state index in [0.29, 0.717) is 19.5 Å². The van der Waals surface area contributed by atoms with Crippen molar-refractivity contribution in [3.8, 4) is 5.75 Å². The van der Waals surface area contributed by atoms with E-state index in [1.54, 1.807) is 12.0 Å². The minimum Gasteiger partial charge on any atom is -0.497 e. The predicted octanol–water partition coefficient (Wildman–Crippen LogP) is 4.63. The molecule has 0 bridgehead atoms. The minimum atomic E-state index is -0.632. The van der Waals surface area contributed by atoms with Crippen LogP contribution in [0.15, 0.2) is 72.8 Å². The molecule has 5 heteroatoms. The third kappa shape index (κ3) is 6.95. The molecule has 0 unspecified atom stereocenters. The monoisotopic (exact) mass is 458 g/mol. The van der Waals surface area contributed by atoms with E-state index in [-0.39, 0.29) is 18.2 Å². The van der Waals surface area contributed by atoms with Gasteiger partial charge in [0.25, 0.3) is 0 Å². The molecular weight excluding hydrogens is 424 g/mol. The van der Waals surface area contributed by atoms with Gasteiger partial charge in [-0.1, -0.05) is 71.8 Å². The first-order valence-corrected chi connectivity index (χ1v) is 11.7. The molecule has 34 heavy (non-hydrogen) atoms. The van der Waals surface area contributed by atoms with Crippen LogP contribution in [0.1, 0.15) is 34.7 Å². The van der Waals surface area contributed by atoms with Crippen molar-refractivity contribution < 1.29 is 14.3 Å². The molecule has 3 aromatic rings. The summed E-state index contributed by atoms with van der Waals surface area (Å²) in [5.41, 5.74) is 5.11. The standard InChI is InChI=1S/C29H34N2O3/c1-5-30-29(33)27(18-23-10-7-6-8-11-23)31(20-24-12-9-13-26(17-24)34-4)28(32)19-25-15-21(2)14-22(3)16-25/h6-17,27H,5,18-20H2,1-4H3,(H,30,33)/t27-/m1/s1. The number of hydrogen-bond acceptors (Lipinski definition) is 3. The second kappa shape index (κ2) is 12.0. The lowest BCUT2D eigenvalue weighted by molar-refractivity contribution is -0.140. The van der Waals surface area contributed by atoms with Crippen molar-refractivity contribution in [3.63, 3.8) is 0 Å². The van der Waals surface area contributed by atoms with Gasteiger partial charge in [-0.3, -0.25) is 9.59 Å². The molecule has 2 amide bonds. The molecule has 0 aliphatic rings. The van der Waals surface area contributed by atoms with E-state index in [0.717, 1.165) is 33.6 Å². The SMILES string of the molecule is CCNC(=O)[C@@H](Cc1ccccc1)N(Cc1cccc(OC)c1)C(=O)Cc1cc(C)cc(C)c1. The van der Waals surface area contributed by atoms with Crippen LogP contribution in [0.4, 0.5) is 0 Å². The summed E-state index contributed by atoms with van der Waals surface area (Å²) >= 11 is 0. The van der Waals surface area contributed by atoms with Crippen molar-refractivity contribution in [2.45, 2.75) is 46.2 Å². The molecule has 0 spiro atoms. The molecule has 1 N–H and O–H groups in total. The van der Waals surface area contributed by atoms with Crippen molar-refractivity contribution >= 4 is 11.8 Å². The summed E-state index contributed by atoms with van der Waals surface area (Å²) in [7, 11) is 1.62. The summed E-state index contributed by atoms with van der Waals surface area (Å²) in [6.45, 7) is 6.77. The number of aryl methyl sites for hydroxylation is 2. The Balaban J connectivity index is 1.98. The molecule has 0 saturated carbocycles. The lowest BCUT2D eigenvalue weighted by Crippen LogP contribution is -2.50. The van der Waals surface area contributed by atoms with Gasteiger partial charge < -0.3 is 15.0 Å². The van der Waals surface area contributed by atoms with Crippen LogP contribution in [-0.4, -0.2) is 36.4 Å². The van der Waals surface area contributed by atoms with Gasteiger partial charge in [0.15, 0.2) is 0 Å². The first-order valence-electron chi connectivity index (χ1n) is 11.7. The van der Waals surface area contributed by atoms with Gasteiger partial charge >= 0.3 is 0 Å². The molecule has 0 aromatic heterocycles. The molecular formula is C29H34N2O3. The fourth-order valence-corrected chi connectivity index (χ4v) is 4.26. The van der Waals surface area contributed by atoms with Crippen LogP contribution >= 0.6 is 0 Å². The van der Waals surface area contributed by atoms with Gasteiger partial charge in [0.1, 0.15) is 11.8 Å². The van der Waals surface area contributed by atoms with Crippen molar-refractivity contribution in [1.29, 1.82) is 0 Å². The summed E-state index contributed by atoms with van der Waals surface area (Å²) in [4.78, 5) is 28.7. The van der Waals surface area contributed by atoms with E-state index in [2.05, 4.69) is 11.4 Å². The molecule has 3 aromatic carbocycles. The van der Waals surface area contributed by atoms with Crippen LogP contribution in [0.3, 0.4) is 0 Å². The zero-order valence-electron chi connectivity index (χ0n) is 20.5. The smallest absolute Gasteiger partial charge is 0.243 e. The quantitative estimate of drug-likeness (QED) is 0.482. The number of ether oxygens (including phenoxy) is 1. The molecule has 0 radical (unpaired) electrons. The van der Waals surface area contributed by atoms with Gasteiger partial charge in [-0.2, -0.15) is 0 Å². The summed E-state index contributed by atoms with van der Waals surface area (Å²) in [5.74, 6) is 0.486. The fraction of sp³-hybridized carbons (Fsp3) is 0.310. The Hall–Kier alpha value is -3.60. The van der Waals surface area contributed by atoms with Gasteiger partial charge in [0.2, 0.25) is 11.8 Å². The number of benzene rings is 3. The maximum Gasteiger partial charge on any atom is 0.243 e. The van der Waals surface area contributed by atoms with E-state index in [9.17, 15) is 9.59 Å². The highest BCUT2D eigenvalue weighted by Gasteiger charge is 2.30. The first kappa shape index (κ1) is 25.0. The van der Waals surface area contributed by atoms with Crippen LogP contribution < -0.4 is 10.1 Å². The Morgan fingerprint density at radius 2 is 1.56 bits per heavy atom. The number of hydrogen-bond donors (Lipinski definition) is 1. The largest absolute Gasteiger partial charge is 0.497 e. The highest BCUT2D eigenvalue weighted by Crippen LogP contribution is 2.20. The van der Waals surface area contributed by atoms with Crippen molar-refractivity contribution in [3.05, 3.63) is 101 Å². The van der Waals surface area contributed by atoms with Crippen LogP contribution in [-0.2, 0) is 29.0 Å². The van der Waals surface area contributed by atoms with Gasteiger partial charge in [-0.15, -0.1) is 0 Å². The molecule has 0 aliphatic carbocycles. The molecule has 178 valence electrons. The third-order valence-electron chi connectivity index (χ3n) is 5.75. The maximum atomic E-state index is 13.7. The Kier molecular flexibility index (Phi) is 8.86. The number of rotatable bonds is 10. The Morgan fingerprint density at radius 3 is 2.21 bits per heavy atom. The Labute approximate surface area is 202 Å². The lowest BCUT2D eigenvalue weighted by Gasteiger charge is -2.31. The second-order valence-corrected chi connectivity index (χ2v) is 8.65. The van der Waals surface area contributed by atoms with Crippen LogP contribution in [0, 0.1) is 13.8 Å². The number of nitrogens with zero attached hydrogens (tertiary/aromatic N) is 1. The van der Waals surface area contributed by atoms with Gasteiger partial charge in [-0.05, 0) is 49.6 Å². The van der Waals surface area contributed by atoms with Crippen LogP contribution in [0.5, 0.6) is 5.75 Å². The summed E-state index contributed by atoms with van der Waals surface area (Å²) < 4.78 is 5.38. The molecule has 5 nitrogen and oxygen atoms in total. The molecule has 0 saturated heterocycles. The topological polar surface area (TPSA) is 58.6 Å². The van der Waals surface area contributed by atoms with Gasteiger partial charge in [0, 0.05) is 19.5 Å². The maximum absolute atomic E-state index is 13.7. The highest BCUT2D eigenvalue weighted by molar-refractivity contribution is 5.88. The summed E-state index contributed by atoms with van der Waals surface area (Å²) in [6, 6.07) is 23.0. The van der Waals surface area contributed by atoms with E-state index < -0.39 is 6.04 Å². The Bertz CT molecular complexity index is 1090.